The summed E-state index contributed by atoms with van der Waals surface area (Å²) in [5.41, 5.74) is -0.170. The first kappa shape index (κ1) is 43.5. The summed E-state index contributed by atoms with van der Waals surface area (Å²) in [4.78, 5) is 50.3. The summed E-state index contributed by atoms with van der Waals surface area (Å²) in [5.74, 6) is 1.27. The molecule has 10 fully saturated rings. The van der Waals surface area contributed by atoms with Gasteiger partial charge in [0.05, 0.1) is 0 Å². The van der Waals surface area contributed by atoms with Crippen molar-refractivity contribution in [3.8, 4) is 11.5 Å². The third-order valence-corrected chi connectivity index (χ3v) is 16.4. The van der Waals surface area contributed by atoms with Gasteiger partial charge in [-0.3, -0.25) is 9.59 Å². The molecule has 10 aliphatic rings. The van der Waals surface area contributed by atoms with E-state index in [1.807, 2.05) is 38.1 Å². The largest absolute Gasteiger partial charge is 0.465 e. The molecule has 2 saturated carbocycles. The van der Waals surface area contributed by atoms with Crippen molar-refractivity contribution in [2.45, 2.75) is 160 Å². The smallest absolute Gasteiger partial charge is 0.251 e. The van der Waals surface area contributed by atoms with E-state index in [0.717, 1.165) is 70.6 Å². The van der Waals surface area contributed by atoms with E-state index in [4.69, 9.17) is 48.0 Å². The third kappa shape index (κ3) is 7.67. The number of ether oxygens (including phenoxy) is 6. The normalized spacial score (nSPS) is 43.4. The Morgan fingerprint density at radius 2 is 0.968 bits per heavy atom. The van der Waals surface area contributed by atoms with E-state index < -0.39 is 47.9 Å². The maximum absolute atomic E-state index is 13.0. The van der Waals surface area contributed by atoms with Crippen LogP contribution in [0.4, 0.5) is 0 Å². The van der Waals surface area contributed by atoms with Crippen LogP contribution in [-0.4, -0.2) is 72.8 Å². The molecule has 16 atom stereocenters. The first-order chi connectivity index (χ1) is 30.3. The predicted molar refractivity (Wildman–Crippen MR) is 226 cm³/mol. The van der Waals surface area contributed by atoms with Gasteiger partial charge in [0, 0.05) is 60.7 Å². The van der Waals surface area contributed by atoms with Crippen LogP contribution < -0.4 is 20.1 Å². The highest BCUT2D eigenvalue weighted by Gasteiger charge is 2.71. The number of fused-ring (bicyclic) bond motifs is 4. The summed E-state index contributed by atoms with van der Waals surface area (Å²) in [7, 11) is 0. The Morgan fingerprint density at radius 1 is 0.556 bits per heavy atom. The second-order valence-corrected chi connectivity index (χ2v) is 20.4. The van der Waals surface area contributed by atoms with Gasteiger partial charge in [0.2, 0.25) is 24.2 Å². The molecule has 0 aromatic heterocycles. The molecule has 8 aliphatic heterocycles. The molecule has 2 aromatic rings. The van der Waals surface area contributed by atoms with Crippen LogP contribution in [0.1, 0.15) is 133 Å². The summed E-state index contributed by atoms with van der Waals surface area (Å²) < 4.78 is 38.9. The zero-order chi connectivity index (χ0) is 43.7. The van der Waals surface area contributed by atoms with Gasteiger partial charge in [-0.1, -0.05) is 27.7 Å². The van der Waals surface area contributed by atoms with Gasteiger partial charge in [-0.15, -0.1) is 0 Å². The standard InChI is InChI=1S/C49H66N2O12/c1-28-10-20-38-30(3)42(56-44-48(38)36(28)22-24-46(5,58-44)60-62-48)54-34-16-12-32(13-17-34)40(52)50-26-8-7-9-27-51-41(53)33-14-18-35(19-15-33)55-43-31(4)39-21-11-29(2)37-23-25-47(6)59-45(57-43)49(37,39)63-61-47/h12-19,28-31,36-39,42-45H,7-11,20-27H2,1-6H3,(H,50,52)(H,51,53)/t28-,29-,30-,31-,36?,37?,38?,39?,42+,43+,44?,45?,46?,47?,48-,49-/m1/s1. The van der Waals surface area contributed by atoms with Gasteiger partial charge in [0.25, 0.3) is 11.8 Å². The zero-order valence-corrected chi connectivity index (χ0v) is 37.6. The van der Waals surface area contributed by atoms with Gasteiger partial charge in [0.15, 0.2) is 23.8 Å². The van der Waals surface area contributed by atoms with E-state index in [1.54, 1.807) is 24.3 Å². The summed E-state index contributed by atoms with van der Waals surface area (Å²) in [5, 5.41) is 6.03. The average molecular weight is 875 g/mol. The number of benzene rings is 2. The highest BCUT2D eigenvalue weighted by molar-refractivity contribution is 5.94. The second kappa shape index (κ2) is 16.8. The van der Waals surface area contributed by atoms with Gasteiger partial charge in [0.1, 0.15) is 11.5 Å². The number of rotatable bonds is 12. The highest BCUT2D eigenvalue weighted by atomic mass is 17.3. The molecule has 2 N–H and O–H groups in total. The minimum Gasteiger partial charge on any atom is -0.465 e. The van der Waals surface area contributed by atoms with Crippen molar-refractivity contribution in [1.29, 1.82) is 0 Å². The van der Waals surface area contributed by atoms with E-state index in [1.165, 1.54) is 0 Å². The van der Waals surface area contributed by atoms with E-state index in [9.17, 15) is 9.59 Å². The molecule has 63 heavy (non-hydrogen) atoms. The predicted octanol–water partition coefficient (Wildman–Crippen LogP) is 8.19. The monoisotopic (exact) mass is 874 g/mol. The lowest BCUT2D eigenvalue weighted by atomic mass is 9.58. The summed E-state index contributed by atoms with van der Waals surface area (Å²) in [6, 6.07) is 14.4. The van der Waals surface area contributed by atoms with Crippen LogP contribution in [0.25, 0.3) is 0 Å². The minimum atomic E-state index is -0.843. The van der Waals surface area contributed by atoms with Crippen LogP contribution >= 0.6 is 0 Å². The van der Waals surface area contributed by atoms with Crippen LogP contribution in [0.2, 0.25) is 0 Å². The van der Waals surface area contributed by atoms with Crippen molar-refractivity contribution in [3.05, 3.63) is 59.7 Å². The molecule has 8 unspecified atom stereocenters. The Labute approximate surface area is 370 Å². The number of unbranched alkanes of at least 4 members (excludes halogenated alkanes) is 2. The highest BCUT2D eigenvalue weighted by Crippen LogP contribution is 2.62. The lowest BCUT2D eigenvalue weighted by Gasteiger charge is -2.60. The fourth-order valence-corrected chi connectivity index (χ4v) is 12.7. The van der Waals surface area contributed by atoms with Crippen molar-refractivity contribution in [2.24, 2.45) is 47.3 Å². The molecule has 0 radical (unpaired) electrons. The third-order valence-electron chi connectivity index (χ3n) is 16.4. The lowest BCUT2D eigenvalue weighted by molar-refractivity contribution is -0.575. The Balaban J connectivity index is 0.644. The molecular formula is C49H66N2O12. The van der Waals surface area contributed by atoms with Crippen molar-refractivity contribution >= 4 is 11.8 Å². The molecular weight excluding hydrogens is 809 g/mol. The average Bonchev–Trinajstić information content (AvgIpc) is 3.65. The molecule has 2 amide bonds. The second-order valence-electron chi connectivity index (χ2n) is 20.4. The lowest BCUT2D eigenvalue weighted by Crippen LogP contribution is -2.70. The quantitative estimate of drug-likeness (QED) is 0.156. The van der Waals surface area contributed by atoms with E-state index in [0.29, 0.717) is 59.4 Å². The van der Waals surface area contributed by atoms with Crippen molar-refractivity contribution < 1.29 is 57.6 Å². The number of carbonyl (C=O) groups excluding carboxylic acids is 2. The molecule has 4 bridgehead atoms. The van der Waals surface area contributed by atoms with E-state index in [2.05, 4.69) is 38.3 Å². The minimum absolute atomic E-state index is 0.0439. The molecule has 2 spiro atoms. The molecule has 8 saturated heterocycles. The van der Waals surface area contributed by atoms with Crippen molar-refractivity contribution in [1.82, 2.24) is 10.6 Å². The molecule has 12 rings (SSSR count). The Morgan fingerprint density at radius 3 is 1.38 bits per heavy atom. The van der Waals surface area contributed by atoms with Crippen LogP contribution in [0, 0.1) is 47.3 Å². The number of hydrogen-bond donors (Lipinski definition) is 2. The van der Waals surface area contributed by atoms with Crippen molar-refractivity contribution in [2.75, 3.05) is 13.1 Å². The van der Waals surface area contributed by atoms with Crippen LogP contribution in [0.15, 0.2) is 48.5 Å². The molecule has 2 aromatic carbocycles. The zero-order valence-electron chi connectivity index (χ0n) is 37.6. The van der Waals surface area contributed by atoms with Crippen LogP contribution in [0.3, 0.4) is 0 Å². The van der Waals surface area contributed by atoms with Crippen molar-refractivity contribution in [3.63, 3.8) is 0 Å². The topological polar surface area (TPSA) is 150 Å². The summed E-state index contributed by atoms with van der Waals surface area (Å²) in [6.45, 7) is 13.8. The van der Waals surface area contributed by atoms with E-state index in [-0.39, 0.29) is 35.5 Å². The maximum atomic E-state index is 13.0. The fraction of sp³-hybridized carbons (Fsp3) is 0.714. The molecule has 14 heteroatoms. The van der Waals surface area contributed by atoms with Gasteiger partial charge in [-0.25, -0.2) is 19.6 Å². The number of hydrogen-bond acceptors (Lipinski definition) is 12. The molecule has 2 aliphatic carbocycles. The molecule has 8 heterocycles. The van der Waals surface area contributed by atoms with Gasteiger partial charge >= 0.3 is 0 Å². The first-order valence-electron chi connectivity index (χ1n) is 23.8. The first-order valence-corrected chi connectivity index (χ1v) is 23.8. The Bertz CT molecular complexity index is 1850. The SMILES string of the molecule is C[C@@H]1CCC2[C@@H](C)[C@@H](Oc3ccc(C(=O)NCCCCCNC(=O)c4ccc(O[C@H]5OC6OC7(C)CCC8[C@H](C)CCC([C@H]5C)[C@@]68OO7)cc4)cc3)OC3OC4(C)CCC1[C@]32OO4. The van der Waals surface area contributed by atoms with Gasteiger partial charge in [-0.05, 0) is 144 Å². The van der Waals surface area contributed by atoms with Gasteiger partial charge < -0.3 is 39.1 Å². The summed E-state index contributed by atoms with van der Waals surface area (Å²) >= 11 is 0. The summed E-state index contributed by atoms with van der Waals surface area (Å²) in [6.07, 6.45) is 7.92. The maximum Gasteiger partial charge on any atom is 0.251 e. The van der Waals surface area contributed by atoms with E-state index >= 15 is 0 Å². The Kier molecular flexibility index (Phi) is 11.6. The molecule has 344 valence electrons. The van der Waals surface area contributed by atoms with Crippen LogP contribution in [0.5, 0.6) is 11.5 Å². The fourth-order valence-electron chi connectivity index (χ4n) is 12.7. The Hall–Kier alpha value is -3.34. The van der Waals surface area contributed by atoms with Gasteiger partial charge in [-0.2, -0.15) is 0 Å². The van der Waals surface area contributed by atoms with Crippen LogP contribution in [-0.2, 0) is 38.5 Å². The number of amides is 2. The molecule has 14 nitrogen and oxygen atoms in total. The number of carbonyl (C=O) groups is 2. The number of nitrogens with one attached hydrogen (secondary N) is 2.